The molecule has 0 spiro atoms. The molecule has 0 amide bonds. The second-order valence-corrected chi connectivity index (χ2v) is 11.9. The minimum Gasteiger partial charge on any atom is -0.470 e. The van der Waals surface area contributed by atoms with E-state index in [1.807, 2.05) is 6.07 Å². The lowest BCUT2D eigenvalue weighted by Gasteiger charge is -2.37. The van der Waals surface area contributed by atoms with Crippen LogP contribution in [0.4, 0.5) is 11.5 Å². The molecule has 0 radical (unpaired) electrons. The fourth-order valence-electron chi connectivity index (χ4n) is 3.66. The van der Waals surface area contributed by atoms with Crippen molar-refractivity contribution in [2.24, 2.45) is 5.73 Å². The number of hydrogen-bond acceptors (Lipinski definition) is 7. The number of halogens is 3. The second-order valence-electron chi connectivity index (χ2n) is 8.24. The van der Waals surface area contributed by atoms with Gasteiger partial charge < -0.3 is 19.9 Å². The first-order valence-corrected chi connectivity index (χ1v) is 13.9. The Hall–Kier alpha value is -2.31. The number of nitrogen functional groups attached to an aromatic ring is 1. The summed E-state index contributed by atoms with van der Waals surface area (Å²) < 4.78 is 20.1. The largest absolute Gasteiger partial charge is 0.470 e. The molecular formula is C23H27Cl3N6O3S+2. The molecule has 2 aromatic heterocycles. The van der Waals surface area contributed by atoms with E-state index >= 15 is 0 Å². The zero-order chi connectivity index (χ0) is 26.2. The Morgan fingerprint density at radius 1 is 1.14 bits per heavy atom. The molecule has 0 bridgehead atoms. The van der Waals surface area contributed by atoms with Gasteiger partial charge in [-0.2, -0.15) is 0 Å². The molecule has 36 heavy (non-hydrogen) atoms. The molecule has 1 unspecified atom stereocenters. The number of aromatic nitrogens is 2. The van der Waals surface area contributed by atoms with E-state index in [9.17, 15) is 0 Å². The van der Waals surface area contributed by atoms with Crippen molar-refractivity contribution < 1.29 is 18.9 Å². The van der Waals surface area contributed by atoms with Gasteiger partial charge in [0.2, 0.25) is 5.71 Å². The summed E-state index contributed by atoms with van der Waals surface area (Å²) in [7, 11) is -0.794. The summed E-state index contributed by atoms with van der Waals surface area (Å²) >= 11 is 18.8. The van der Waals surface area contributed by atoms with Crippen LogP contribution in [-0.4, -0.2) is 46.7 Å². The number of ether oxygens (including phenoxy) is 1. The highest BCUT2D eigenvalue weighted by Crippen LogP contribution is 2.53. The Labute approximate surface area is 225 Å². The van der Waals surface area contributed by atoms with E-state index in [-0.39, 0.29) is 20.8 Å². The molecule has 2 atom stereocenters. The fourth-order valence-corrected chi connectivity index (χ4v) is 5.52. The van der Waals surface area contributed by atoms with Gasteiger partial charge >= 0.3 is 0 Å². The van der Waals surface area contributed by atoms with Crippen molar-refractivity contribution in [1.82, 2.24) is 9.97 Å². The van der Waals surface area contributed by atoms with Gasteiger partial charge in [-0.3, -0.25) is 20.3 Å². The zero-order valence-corrected chi connectivity index (χ0v) is 22.7. The first-order valence-electron chi connectivity index (χ1n) is 10.8. The molecule has 1 aliphatic rings. The van der Waals surface area contributed by atoms with Crippen LogP contribution in [0, 0.1) is 0 Å². The number of nitrogens with zero attached hydrogens (tertiary/aromatic N) is 3. The maximum Gasteiger partial charge on any atom is 0.215 e. The average Bonchev–Trinajstić information content (AvgIpc) is 2.79. The van der Waals surface area contributed by atoms with Gasteiger partial charge in [0.15, 0.2) is 12.0 Å². The summed E-state index contributed by atoms with van der Waals surface area (Å²) in [5.41, 5.74) is 14.6. The first kappa shape index (κ1) is 26.7. The van der Waals surface area contributed by atoms with Gasteiger partial charge in [-0.05, 0) is 24.6 Å². The summed E-state index contributed by atoms with van der Waals surface area (Å²) in [6.07, 6.45) is 6.30. The molecule has 192 valence electrons. The van der Waals surface area contributed by atoms with Crippen LogP contribution in [0.5, 0.6) is 5.75 Å². The summed E-state index contributed by atoms with van der Waals surface area (Å²) in [4.78, 5) is 11.4. The van der Waals surface area contributed by atoms with Crippen LogP contribution in [-0.2, 0) is 4.18 Å². The molecule has 13 heteroatoms. The lowest BCUT2D eigenvalue weighted by atomic mass is 10.0. The van der Waals surface area contributed by atoms with Crippen molar-refractivity contribution in [2.75, 3.05) is 37.1 Å². The molecule has 3 aromatic rings. The van der Waals surface area contributed by atoms with Crippen molar-refractivity contribution in [3.63, 3.8) is 0 Å². The van der Waals surface area contributed by atoms with Gasteiger partial charge in [0.25, 0.3) is 0 Å². The molecule has 9 nitrogen and oxygen atoms in total. The molecule has 0 aliphatic carbocycles. The van der Waals surface area contributed by atoms with Crippen molar-refractivity contribution in [2.45, 2.75) is 17.5 Å². The molecule has 8 N–H and O–H groups in total. The number of pyridine rings is 2. The molecule has 0 saturated carbocycles. The highest BCUT2D eigenvalue weighted by Gasteiger charge is 2.30. The highest BCUT2D eigenvalue weighted by molar-refractivity contribution is 8.24. The lowest BCUT2D eigenvalue weighted by Crippen LogP contribution is -2.42. The monoisotopic (exact) mass is 572 g/mol. The predicted octanol–water partition coefficient (Wildman–Crippen LogP) is 2.86. The molecule has 3 heterocycles. The predicted molar refractivity (Wildman–Crippen MR) is 146 cm³/mol. The topological polar surface area (TPSA) is 148 Å². The van der Waals surface area contributed by atoms with E-state index in [1.165, 1.54) is 25.6 Å². The molecule has 1 saturated heterocycles. The third kappa shape index (κ3) is 5.21. The highest BCUT2D eigenvalue weighted by atomic mass is 35.5. The Morgan fingerprint density at radius 2 is 1.81 bits per heavy atom. The van der Waals surface area contributed by atoms with Gasteiger partial charge in [0, 0.05) is 42.9 Å². The van der Waals surface area contributed by atoms with Crippen molar-refractivity contribution in [3.05, 3.63) is 68.5 Å². The minimum absolute atomic E-state index is 0.232. The van der Waals surface area contributed by atoms with Gasteiger partial charge in [-0.1, -0.05) is 45.4 Å². The summed E-state index contributed by atoms with van der Waals surface area (Å²) in [5.74, 6) is 0.968. The van der Waals surface area contributed by atoms with E-state index in [1.54, 1.807) is 18.5 Å². The quantitative estimate of drug-likeness (QED) is 0.162. The van der Waals surface area contributed by atoms with E-state index in [4.69, 9.17) is 65.2 Å². The van der Waals surface area contributed by atoms with E-state index in [0.29, 0.717) is 33.0 Å². The van der Waals surface area contributed by atoms with Gasteiger partial charge in [0.1, 0.15) is 10.6 Å². The molecule has 1 aliphatic heterocycles. The molecule has 4 rings (SSSR count). The maximum atomic E-state index is 8.73. The Balaban J connectivity index is 1.70. The lowest BCUT2D eigenvalue weighted by molar-refractivity contribution is -0.111. The Morgan fingerprint density at radius 3 is 2.39 bits per heavy atom. The number of rotatable bonds is 8. The van der Waals surface area contributed by atoms with E-state index in [0.717, 1.165) is 25.3 Å². The minimum atomic E-state index is -2.31. The number of nitrogens with two attached hydrogens (primary N) is 3. The third-order valence-electron chi connectivity index (χ3n) is 5.88. The second kappa shape index (κ2) is 10.6. The zero-order valence-electron chi connectivity index (χ0n) is 19.6. The third-order valence-corrected chi connectivity index (χ3v) is 8.58. The standard InChI is InChI=1S/C23H25Cl3N6O3S/c1-34-36(2,33)19-6-12(9-31-23(19)32-4-3-5-32)21(28)13-7-18(14(24)8-17(13)27)35-22(29)20-15(25)10-30-11-16(20)26/h6-11,22,28,33H,3-5,27,29H2,1-2H3/p+2/t22-/m0/s1. The van der Waals surface area contributed by atoms with Crippen molar-refractivity contribution >= 4 is 62.6 Å². The van der Waals surface area contributed by atoms with Crippen molar-refractivity contribution in [3.8, 4) is 5.75 Å². The summed E-state index contributed by atoms with van der Waals surface area (Å²) in [6, 6.07) is 4.96. The van der Waals surface area contributed by atoms with Gasteiger partial charge in [0.05, 0.1) is 39.6 Å². The van der Waals surface area contributed by atoms with E-state index < -0.39 is 16.8 Å². The Kier molecular flexibility index (Phi) is 7.86. The smallest absolute Gasteiger partial charge is 0.215 e. The molecule has 1 fully saturated rings. The SMILES string of the molecule is COS(C)([OH2+])c1cc(C(=[NH2+])c2cc(O[C@H](N)c3c(Cl)cncc3Cl)c(Cl)cc2N)cnc1N1CCC1. The van der Waals surface area contributed by atoms with Crippen molar-refractivity contribution in [1.29, 1.82) is 0 Å². The van der Waals surface area contributed by atoms with E-state index in [2.05, 4.69) is 14.9 Å². The van der Waals surface area contributed by atoms with Crippen LogP contribution in [0.25, 0.3) is 0 Å². The maximum absolute atomic E-state index is 8.73. The van der Waals surface area contributed by atoms with Crippen LogP contribution in [0.15, 0.2) is 41.7 Å². The van der Waals surface area contributed by atoms with Gasteiger partial charge in [-0.25, -0.2) is 4.98 Å². The van der Waals surface area contributed by atoms with Crippen LogP contribution in [0.3, 0.4) is 0 Å². The van der Waals surface area contributed by atoms with Crippen LogP contribution < -0.4 is 26.5 Å². The first-order chi connectivity index (χ1) is 17.0. The van der Waals surface area contributed by atoms with Crippen LogP contribution in [0.2, 0.25) is 15.1 Å². The number of anilines is 2. The Bertz CT molecular complexity index is 1300. The van der Waals surface area contributed by atoms with Crippen LogP contribution >= 0.6 is 45.4 Å². The number of hydrogen-bond donors (Lipinski definition) is 3. The normalized spacial score (nSPS) is 16.6. The fraction of sp³-hybridized carbons (Fsp3) is 0.261. The molecular weight excluding hydrogens is 547 g/mol. The van der Waals surface area contributed by atoms with Gasteiger partial charge in [-0.15, -0.1) is 0 Å². The van der Waals surface area contributed by atoms with Crippen LogP contribution in [0.1, 0.15) is 29.3 Å². The molecule has 1 aromatic carbocycles. The number of benzene rings is 1. The summed E-state index contributed by atoms with van der Waals surface area (Å²) in [6.45, 7) is 1.77. The summed E-state index contributed by atoms with van der Waals surface area (Å²) in [5, 5.41) is 7.31. The average molecular weight is 574 g/mol.